The first-order valence-electron chi connectivity index (χ1n) is 10.3. The van der Waals surface area contributed by atoms with Crippen LogP contribution in [0.15, 0.2) is 48.5 Å². The molecule has 0 aromatic heterocycles. The Balaban J connectivity index is 1.34. The molecular formula is C23H29ClN3O2+. The van der Waals surface area contributed by atoms with Crippen molar-refractivity contribution >= 4 is 23.4 Å². The SMILES string of the molecule is O=C(CCNC(=O)c1ccc(Cl)cc1)NCc1ccc(C[NH+]2CCCCC2)cc1. The first-order valence-corrected chi connectivity index (χ1v) is 10.7. The number of nitrogens with one attached hydrogen (secondary N) is 3. The molecule has 3 N–H and O–H groups in total. The highest BCUT2D eigenvalue weighted by Crippen LogP contribution is 2.09. The van der Waals surface area contributed by atoms with E-state index >= 15 is 0 Å². The lowest BCUT2D eigenvalue weighted by atomic mass is 10.1. The molecule has 2 amide bonds. The van der Waals surface area contributed by atoms with E-state index in [0.29, 0.717) is 23.7 Å². The van der Waals surface area contributed by atoms with Gasteiger partial charge >= 0.3 is 0 Å². The highest BCUT2D eigenvalue weighted by Gasteiger charge is 2.13. The van der Waals surface area contributed by atoms with Gasteiger partial charge in [-0.3, -0.25) is 9.59 Å². The summed E-state index contributed by atoms with van der Waals surface area (Å²) in [5.41, 5.74) is 2.96. The number of quaternary nitrogens is 1. The summed E-state index contributed by atoms with van der Waals surface area (Å²) < 4.78 is 0. The standard InChI is InChI=1S/C23H28ClN3O2/c24-21-10-8-20(9-11-21)23(29)25-13-12-22(28)26-16-18-4-6-19(7-5-18)17-27-14-2-1-3-15-27/h4-11H,1-3,12-17H2,(H,25,29)(H,26,28)/p+1. The van der Waals surface area contributed by atoms with Crippen molar-refractivity contribution in [1.82, 2.24) is 10.6 Å². The van der Waals surface area contributed by atoms with Crippen molar-refractivity contribution in [2.75, 3.05) is 19.6 Å². The van der Waals surface area contributed by atoms with Crippen LogP contribution in [-0.2, 0) is 17.9 Å². The molecular weight excluding hydrogens is 386 g/mol. The third kappa shape index (κ3) is 7.18. The molecule has 154 valence electrons. The van der Waals surface area contributed by atoms with E-state index in [1.165, 1.54) is 37.9 Å². The van der Waals surface area contributed by atoms with Crippen LogP contribution >= 0.6 is 11.6 Å². The second-order valence-corrected chi connectivity index (χ2v) is 8.03. The maximum absolute atomic E-state index is 12.0. The molecule has 0 spiro atoms. The van der Waals surface area contributed by atoms with Gasteiger partial charge in [-0.25, -0.2) is 0 Å². The summed E-state index contributed by atoms with van der Waals surface area (Å²) in [4.78, 5) is 25.7. The normalized spacial score (nSPS) is 14.4. The number of halogens is 1. The van der Waals surface area contributed by atoms with E-state index in [9.17, 15) is 9.59 Å². The van der Waals surface area contributed by atoms with Crippen LogP contribution in [0.4, 0.5) is 0 Å². The summed E-state index contributed by atoms with van der Waals surface area (Å²) >= 11 is 5.81. The smallest absolute Gasteiger partial charge is 0.251 e. The Hall–Kier alpha value is -2.37. The molecule has 0 saturated carbocycles. The zero-order valence-corrected chi connectivity index (χ0v) is 17.4. The van der Waals surface area contributed by atoms with Crippen LogP contribution in [0.5, 0.6) is 0 Å². The molecule has 6 heteroatoms. The predicted molar refractivity (Wildman–Crippen MR) is 115 cm³/mol. The number of likely N-dealkylation sites (tertiary alicyclic amines) is 1. The Bertz CT molecular complexity index is 800. The fourth-order valence-electron chi connectivity index (χ4n) is 3.57. The van der Waals surface area contributed by atoms with Crippen molar-refractivity contribution in [1.29, 1.82) is 0 Å². The van der Waals surface area contributed by atoms with Crippen molar-refractivity contribution in [2.45, 2.75) is 38.8 Å². The van der Waals surface area contributed by atoms with Crippen LogP contribution in [-0.4, -0.2) is 31.4 Å². The summed E-state index contributed by atoms with van der Waals surface area (Å²) in [6, 6.07) is 15.2. The van der Waals surface area contributed by atoms with Crippen LogP contribution in [0.3, 0.4) is 0 Å². The van der Waals surface area contributed by atoms with Gasteiger partial charge < -0.3 is 15.5 Å². The van der Waals surface area contributed by atoms with E-state index in [2.05, 4.69) is 34.9 Å². The average Bonchev–Trinajstić information content (AvgIpc) is 2.74. The molecule has 0 radical (unpaired) electrons. The number of hydrogen-bond donors (Lipinski definition) is 3. The molecule has 0 aliphatic carbocycles. The highest BCUT2D eigenvalue weighted by molar-refractivity contribution is 6.30. The minimum Gasteiger partial charge on any atom is -0.352 e. The number of benzene rings is 2. The Labute approximate surface area is 177 Å². The third-order valence-electron chi connectivity index (χ3n) is 5.27. The van der Waals surface area contributed by atoms with E-state index < -0.39 is 0 Å². The van der Waals surface area contributed by atoms with Gasteiger partial charge in [-0.15, -0.1) is 0 Å². The summed E-state index contributed by atoms with van der Waals surface area (Å²) in [6.07, 6.45) is 4.28. The minimum absolute atomic E-state index is 0.0803. The molecule has 0 atom stereocenters. The fraction of sp³-hybridized carbons (Fsp3) is 0.391. The summed E-state index contributed by atoms with van der Waals surface area (Å²) in [7, 11) is 0. The van der Waals surface area contributed by atoms with Gasteiger partial charge in [0.1, 0.15) is 6.54 Å². The van der Waals surface area contributed by atoms with E-state index in [1.807, 2.05) is 0 Å². The predicted octanol–water partition coefficient (Wildman–Crippen LogP) is 2.35. The Morgan fingerprint density at radius 2 is 1.52 bits per heavy atom. The van der Waals surface area contributed by atoms with Gasteiger partial charge in [-0.1, -0.05) is 35.9 Å². The van der Waals surface area contributed by atoms with Gasteiger partial charge in [0.15, 0.2) is 0 Å². The van der Waals surface area contributed by atoms with Crippen LogP contribution in [0, 0.1) is 0 Å². The Morgan fingerprint density at radius 3 is 2.21 bits per heavy atom. The molecule has 0 bridgehead atoms. The summed E-state index contributed by atoms with van der Waals surface area (Å²) in [5.74, 6) is -0.288. The number of piperidine rings is 1. The second kappa shape index (κ2) is 11.0. The monoisotopic (exact) mass is 414 g/mol. The lowest BCUT2D eigenvalue weighted by molar-refractivity contribution is -0.918. The van der Waals surface area contributed by atoms with Gasteiger partial charge in [0.05, 0.1) is 13.1 Å². The van der Waals surface area contributed by atoms with E-state index in [0.717, 1.165) is 12.1 Å². The summed E-state index contributed by atoms with van der Waals surface area (Å²) in [5, 5.41) is 6.24. The van der Waals surface area contributed by atoms with Gasteiger partial charge in [0.25, 0.3) is 5.91 Å². The first kappa shape index (κ1) is 21.3. The molecule has 1 aliphatic rings. The number of carbonyl (C=O) groups is 2. The highest BCUT2D eigenvalue weighted by atomic mass is 35.5. The van der Waals surface area contributed by atoms with Gasteiger partial charge in [0, 0.05) is 35.7 Å². The van der Waals surface area contributed by atoms with Gasteiger partial charge in [0.2, 0.25) is 5.91 Å². The topological polar surface area (TPSA) is 62.6 Å². The zero-order chi connectivity index (χ0) is 20.5. The molecule has 0 unspecified atom stereocenters. The lowest BCUT2D eigenvalue weighted by Gasteiger charge is -2.23. The maximum atomic E-state index is 12.0. The zero-order valence-electron chi connectivity index (χ0n) is 16.7. The van der Waals surface area contributed by atoms with Crippen molar-refractivity contribution < 1.29 is 14.5 Å². The molecule has 5 nitrogen and oxygen atoms in total. The number of amides is 2. The Kier molecular flexibility index (Phi) is 8.08. The van der Waals surface area contributed by atoms with Gasteiger partial charge in [-0.05, 0) is 49.1 Å². The van der Waals surface area contributed by atoms with Crippen LogP contribution in [0.1, 0.15) is 47.2 Å². The fourth-order valence-corrected chi connectivity index (χ4v) is 3.70. The summed E-state index contributed by atoms with van der Waals surface area (Å²) in [6.45, 7) is 4.42. The molecule has 1 aliphatic heterocycles. The third-order valence-corrected chi connectivity index (χ3v) is 5.52. The van der Waals surface area contributed by atoms with Crippen molar-refractivity contribution in [3.05, 3.63) is 70.2 Å². The molecule has 1 fully saturated rings. The number of rotatable bonds is 8. The van der Waals surface area contributed by atoms with E-state index in [-0.39, 0.29) is 18.2 Å². The van der Waals surface area contributed by atoms with E-state index in [4.69, 9.17) is 11.6 Å². The molecule has 2 aromatic carbocycles. The number of hydrogen-bond acceptors (Lipinski definition) is 2. The van der Waals surface area contributed by atoms with Crippen molar-refractivity contribution in [2.24, 2.45) is 0 Å². The van der Waals surface area contributed by atoms with E-state index in [1.54, 1.807) is 29.2 Å². The molecule has 1 saturated heterocycles. The maximum Gasteiger partial charge on any atom is 0.251 e. The molecule has 2 aromatic rings. The quantitative estimate of drug-likeness (QED) is 0.621. The van der Waals surface area contributed by atoms with Crippen molar-refractivity contribution in [3.8, 4) is 0 Å². The van der Waals surface area contributed by atoms with Crippen molar-refractivity contribution in [3.63, 3.8) is 0 Å². The van der Waals surface area contributed by atoms with Gasteiger partial charge in [-0.2, -0.15) is 0 Å². The molecule has 29 heavy (non-hydrogen) atoms. The van der Waals surface area contributed by atoms with Crippen LogP contribution in [0.2, 0.25) is 5.02 Å². The lowest BCUT2D eigenvalue weighted by Crippen LogP contribution is -3.11. The second-order valence-electron chi connectivity index (χ2n) is 7.59. The molecule has 1 heterocycles. The Morgan fingerprint density at radius 1 is 0.862 bits per heavy atom. The first-order chi connectivity index (χ1) is 14.1. The van der Waals surface area contributed by atoms with Crippen LogP contribution < -0.4 is 15.5 Å². The van der Waals surface area contributed by atoms with Crippen LogP contribution in [0.25, 0.3) is 0 Å². The largest absolute Gasteiger partial charge is 0.352 e. The molecule has 3 rings (SSSR count). The average molecular weight is 415 g/mol. The minimum atomic E-state index is -0.208. The number of carbonyl (C=O) groups excluding carboxylic acids is 2.